The van der Waals surface area contributed by atoms with Crippen LogP contribution in [0.4, 0.5) is 0 Å². The second kappa shape index (κ2) is 8.07. The number of rotatable bonds is 5. The van der Waals surface area contributed by atoms with Crippen LogP contribution in [0.5, 0.6) is 0 Å². The van der Waals surface area contributed by atoms with Gasteiger partial charge in [-0.05, 0) is 58.6 Å². The molecule has 1 aliphatic rings. The molecule has 4 rings (SSSR count). The van der Waals surface area contributed by atoms with Crippen molar-refractivity contribution in [1.29, 1.82) is 0 Å². The summed E-state index contributed by atoms with van der Waals surface area (Å²) in [6.07, 6.45) is 2.37. The van der Waals surface area contributed by atoms with Gasteiger partial charge in [-0.2, -0.15) is 0 Å². The van der Waals surface area contributed by atoms with Crippen LogP contribution in [0, 0.1) is 0 Å². The molecule has 1 aliphatic heterocycles. The third-order valence-corrected chi connectivity index (χ3v) is 12.3. The molecule has 0 radical (unpaired) electrons. The summed E-state index contributed by atoms with van der Waals surface area (Å²) in [7, 11) is -1.73. The SMILES string of the molecule is CC(C)(C)[Si](C)(C)OC[C@@H]1CCC(Sc2c3ccccc3cc3ccccc23)O1. The molecule has 2 atom stereocenters. The maximum Gasteiger partial charge on any atom is 0.192 e. The molecule has 0 bridgehead atoms. The van der Waals surface area contributed by atoms with Crippen molar-refractivity contribution in [2.45, 2.75) is 68.2 Å². The molecular formula is C25H32O2SSi. The van der Waals surface area contributed by atoms with Gasteiger partial charge in [-0.1, -0.05) is 81.1 Å². The third-order valence-electron chi connectivity index (χ3n) is 6.48. The molecule has 0 aliphatic carbocycles. The van der Waals surface area contributed by atoms with E-state index in [2.05, 4.69) is 88.5 Å². The van der Waals surface area contributed by atoms with E-state index >= 15 is 0 Å². The average Bonchev–Trinajstić information content (AvgIpc) is 3.13. The van der Waals surface area contributed by atoms with E-state index in [0.717, 1.165) is 19.4 Å². The Morgan fingerprint density at radius 3 is 2.14 bits per heavy atom. The van der Waals surface area contributed by atoms with Crippen LogP contribution in [0.1, 0.15) is 33.6 Å². The van der Waals surface area contributed by atoms with Gasteiger partial charge in [0.05, 0.1) is 12.7 Å². The molecular weight excluding hydrogens is 392 g/mol. The summed E-state index contributed by atoms with van der Waals surface area (Å²) < 4.78 is 12.9. The van der Waals surface area contributed by atoms with Crippen molar-refractivity contribution in [3.8, 4) is 0 Å². The predicted octanol–water partition coefficient (Wildman–Crippen LogP) is 7.61. The molecule has 0 N–H and O–H groups in total. The number of hydrogen-bond donors (Lipinski definition) is 0. The number of benzene rings is 3. The van der Waals surface area contributed by atoms with Crippen LogP contribution in [0.3, 0.4) is 0 Å². The molecule has 2 nitrogen and oxygen atoms in total. The molecule has 1 fully saturated rings. The largest absolute Gasteiger partial charge is 0.414 e. The van der Waals surface area contributed by atoms with Crippen LogP contribution in [0.2, 0.25) is 18.1 Å². The molecule has 0 saturated carbocycles. The van der Waals surface area contributed by atoms with Gasteiger partial charge in [0.2, 0.25) is 0 Å². The van der Waals surface area contributed by atoms with E-state index in [0.29, 0.717) is 0 Å². The second-order valence-electron chi connectivity index (χ2n) is 9.60. The van der Waals surface area contributed by atoms with Crippen molar-refractivity contribution in [1.82, 2.24) is 0 Å². The Bertz CT molecular complexity index is 955. The molecule has 1 heterocycles. The van der Waals surface area contributed by atoms with Crippen molar-refractivity contribution in [2.24, 2.45) is 0 Å². The van der Waals surface area contributed by atoms with Crippen LogP contribution >= 0.6 is 11.8 Å². The molecule has 4 heteroatoms. The molecule has 3 aromatic carbocycles. The summed E-state index contributed by atoms with van der Waals surface area (Å²) in [5.41, 5.74) is 0.192. The zero-order valence-electron chi connectivity index (χ0n) is 18.2. The Labute approximate surface area is 180 Å². The quantitative estimate of drug-likeness (QED) is 0.310. The van der Waals surface area contributed by atoms with E-state index in [4.69, 9.17) is 9.16 Å². The Morgan fingerprint density at radius 2 is 1.55 bits per heavy atom. The summed E-state index contributed by atoms with van der Waals surface area (Å²) >= 11 is 1.89. The lowest BCUT2D eigenvalue weighted by molar-refractivity contribution is 0.0499. The fourth-order valence-electron chi connectivity index (χ4n) is 3.63. The first kappa shape index (κ1) is 20.9. The third kappa shape index (κ3) is 4.41. The summed E-state index contributed by atoms with van der Waals surface area (Å²) in [6, 6.07) is 19.7. The van der Waals surface area contributed by atoms with E-state index in [1.165, 1.54) is 26.4 Å². The maximum absolute atomic E-state index is 6.43. The minimum atomic E-state index is -1.73. The summed E-state index contributed by atoms with van der Waals surface area (Å²) in [5.74, 6) is 0. The number of hydrogen-bond acceptors (Lipinski definition) is 3. The van der Waals surface area contributed by atoms with Gasteiger partial charge in [0.25, 0.3) is 0 Å². The number of ether oxygens (including phenoxy) is 1. The van der Waals surface area contributed by atoms with Gasteiger partial charge < -0.3 is 9.16 Å². The second-order valence-corrected chi connectivity index (χ2v) is 15.6. The highest BCUT2D eigenvalue weighted by molar-refractivity contribution is 8.00. The highest BCUT2D eigenvalue weighted by atomic mass is 32.2. The lowest BCUT2D eigenvalue weighted by atomic mass is 10.0. The molecule has 0 aromatic heterocycles. The molecule has 1 saturated heterocycles. The van der Waals surface area contributed by atoms with Crippen LogP contribution in [-0.2, 0) is 9.16 Å². The molecule has 0 amide bonds. The van der Waals surface area contributed by atoms with Crippen LogP contribution in [-0.4, -0.2) is 26.5 Å². The number of thioether (sulfide) groups is 1. The van der Waals surface area contributed by atoms with Crippen LogP contribution in [0.15, 0.2) is 59.5 Å². The molecule has 1 unspecified atom stereocenters. The van der Waals surface area contributed by atoms with Gasteiger partial charge in [0.1, 0.15) is 5.44 Å². The fraction of sp³-hybridized carbons (Fsp3) is 0.440. The van der Waals surface area contributed by atoms with Crippen molar-refractivity contribution in [3.05, 3.63) is 54.6 Å². The molecule has 154 valence electrons. The highest BCUT2D eigenvalue weighted by Gasteiger charge is 2.38. The van der Waals surface area contributed by atoms with Gasteiger partial charge in [0, 0.05) is 4.90 Å². The van der Waals surface area contributed by atoms with E-state index in [1.54, 1.807) is 0 Å². The van der Waals surface area contributed by atoms with Crippen LogP contribution < -0.4 is 0 Å². The van der Waals surface area contributed by atoms with Crippen molar-refractivity contribution in [2.75, 3.05) is 6.61 Å². The standard InChI is InChI=1S/C25H32O2SSi/c1-25(2,3)29(4,5)26-17-20-14-15-23(27-20)28-24-21-12-8-6-10-18(21)16-19-11-7-9-13-22(19)24/h6-13,16,20,23H,14-15,17H2,1-5H3/t20-,23?/m0/s1. The zero-order chi connectivity index (χ0) is 20.6. The van der Waals surface area contributed by atoms with E-state index < -0.39 is 8.32 Å². The minimum Gasteiger partial charge on any atom is -0.414 e. The van der Waals surface area contributed by atoms with Gasteiger partial charge in [-0.25, -0.2) is 0 Å². The summed E-state index contributed by atoms with van der Waals surface area (Å²) in [5, 5.41) is 5.47. The van der Waals surface area contributed by atoms with Crippen LogP contribution in [0.25, 0.3) is 21.5 Å². The highest BCUT2D eigenvalue weighted by Crippen LogP contribution is 2.42. The maximum atomic E-state index is 6.43. The lowest BCUT2D eigenvalue weighted by Gasteiger charge is -2.36. The average molecular weight is 425 g/mol. The topological polar surface area (TPSA) is 18.5 Å². The Balaban J connectivity index is 1.51. The normalized spacial score (nSPS) is 20.6. The molecule has 3 aromatic rings. The zero-order valence-corrected chi connectivity index (χ0v) is 20.0. The first-order valence-electron chi connectivity index (χ1n) is 10.6. The van der Waals surface area contributed by atoms with Gasteiger partial charge in [0.15, 0.2) is 8.32 Å². The fourth-order valence-corrected chi connectivity index (χ4v) is 6.02. The summed E-state index contributed by atoms with van der Waals surface area (Å²) in [6.45, 7) is 12.2. The Morgan fingerprint density at radius 1 is 0.966 bits per heavy atom. The van der Waals surface area contributed by atoms with Crippen molar-refractivity contribution >= 4 is 41.6 Å². The Hall–Kier alpha value is -1.33. The lowest BCUT2D eigenvalue weighted by Crippen LogP contribution is -2.42. The minimum absolute atomic E-state index is 0.192. The van der Waals surface area contributed by atoms with Gasteiger partial charge in [-0.3, -0.25) is 0 Å². The predicted molar refractivity (Wildman–Crippen MR) is 128 cm³/mol. The molecule has 0 spiro atoms. The van der Waals surface area contributed by atoms with E-state index in [-0.39, 0.29) is 16.6 Å². The monoisotopic (exact) mass is 424 g/mol. The summed E-state index contributed by atoms with van der Waals surface area (Å²) in [4.78, 5) is 1.34. The number of fused-ring (bicyclic) bond motifs is 2. The first-order valence-corrected chi connectivity index (χ1v) is 14.4. The smallest absolute Gasteiger partial charge is 0.192 e. The first-order chi connectivity index (χ1) is 13.7. The van der Waals surface area contributed by atoms with Gasteiger partial charge >= 0.3 is 0 Å². The van der Waals surface area contributed by atoms with Crippen molar-refractivity contribution < 1.29 is 9.16 Å². The van der Waals surface area contributed by atoms with E-state index in [9.17, 15) is 0 Å². The van der Waals surface area contributed by atoms with Crippen molar-refractivity contribution in [3.63, 3.8) is 0 Å². The molecule has 29 heavy (non-hydrogen) atoms. The van der Waals surface area contributed by atoms with Gasteiger partial charge in [-0.15, -0.1) is 0 Å². The van der Waals surface area contributed by atoms with E-state index in [1.807, 2.05) is 11.8 Å². The Kier molecular flexibility index (Phi) is 5.82.